The van der Waals surface area contributed by atoms with Crippen molar-refractivity contribution in [2.45, 2.75) is 64.9 Å². The minimum absolute atomic E-state index is 0.0432. The molecule has 0 aromatic rings. The Morgan fingerprint density at radius 2 is 1.80 bits per heavy atom. The summed E-state index contributed by atoms with van der Waals surface area (Å²) in [6, 6.07) is 0. The van der Waals surface area contributed by atoms with Crippen LogP contribution in [-0.4, -0.2) is 48.6 Å². The lowest BCUT2D eigenvalue weighted by Crippen LogP contribution is -2.36. The summed E-state index contributed by atoms with van der Waals surface area (Å²) in [5.41, 5.74) is 0. The summed E-state index contributed by atoms with van der Waals surface area (Å²) in [5.74, 6) is -0.0432. The summed E-state index contributed by atoms with van der Waals surface area (Å²) in [6.07, 6.45) is 5.94. The number of halogens is 1. The molecule has 9 heteroatoms. The number of carbonyl (C=O) groups is 1. The summed E-state index contributed by atoms with van der Waals surface area (Å²) in [5, 5.41) is 3.23. The normalized spacial score (nSPS) is 14.9. The fraction of sp³-hybridized carbons (Fsp3) is 0.938. The second-order valence-electron chi connectivity index (χ2n) is 5.75. The van der Waals surface area contributed by atoms with Gasteiger partial charge in [0.15, 0.2) is 0 Å². The second-order valence-corrected chi connectivity index (χ2v) is 7.99. The zero-order valence-corrected chi connectivity index (χ0v) is 17.9. The zero-order chi connectivity index (χ0) is 19.0. The number of phosphoric ester groups is 1. The van der Waals surface area contributed by atoms with E-state index in [-0.39, 0.29) is 25.7 Å². The topological polar surface area (TPSA) is 94.1 Å². The van der Waals surface area contributed by atoms with Gasteiger partial charge < -0.3 is 14.9 Å². The Bertz CT molecular complexity index is 386. The van der Waals surface area contributed by atoms with Crippen molar-refractivity contribution in [3.63, 3.8) is 0 Å². The molecule has 0 aliphatic carbocycles. The van der Waals surface area contributed by atoms with Gasteiger partial charge in [-0.1, -0.05) is 55.5 Å². The smallest absolute Gasteiger partial charge is 0.374 e. The van der Waals surface area contributed by atoms with E-state index in [2.05, 4.69) is 35.1 Å². The number of nitrogens with one attached hydrogen (secondary N) is 1. The highest BCUT2D eigenvalue weighted by Gasteiger charge is 2.23. The molecule has 25 heavy (non-hydrogen) atoms. The van der Waals surface area contributed by atoms with Gasteiger partial charge in [0.2, 0.25) is 5.91 Å². The van der Waals surface area contributed by atoms with Crippen LogP contribution < -0.4 is 5.32 Å². The molecule has 2 N–H and O–H groups in total. The number of hydrogen-bond acceptors (Lipinski definition) is 5. The average Bonchev–Trinajstić information content (AvgIpc) is 2.58. The van der Waals surface area contributed by atoms with Crippen molar-refractivity contribution in [2.24, 2.45) is 0 Å². The number of hydrogen-bond donors (Lipinski definition) is 2. The van der Waals surface area contributed by atoms with Gasteiger partial charge >= 0.3 is 7.82 Å². The van der Waals surface area contributed by atoms with E-state index in [1.807, 2.05) is 0 Å². The Hall–Kier alpha value is 0.0200. The first-order valence-corrected chi connectivity index (χ1v) is 11.6. The highest BCUT2D eigenvalue weighted by Crippen LogP contribution is 2.43. The lowest BCUT2D eigenvalue weighted by atomic mass is 10.2. The minimum Gasteiger partial charge on any atom is -0.374 e. The molecular weight excluding hydrogens is 413 g/mol. The monoisotopic (exact) mass is 445 g/mol. The molecule has 1 amide bonds. The van der Waals surface area contributed by atoms with E-state index in [0.29, 0.717) is 18.4 Å². The van der Waals surface area contributed by atoms with Crippen molar-refractivity contribution >= 4 is 29.7 Å². The number of alkyl halides is 1. The molecule has 0 fully saturated rings. The Morgan fingerprint density at radius 1 is 1.12 bits per heavy atom. The summed E-state index contributed by atoms with van der Waals surface area (Å²) < 4.78 is 27.1. The maximum atomic E-state index is 11.8. The van der Waals surface area contributed by atoms with Gasteiger partial charge in [0, 0.05) is 24.9 Å². The van der Waals surface area contributed by atoms with Gasteiger partial charge in [-0.2, -0.15) is 0 Å². The molecule has 0 saturated heterocycles. The summed E-state index contributed by atoms with van der Waals surface area (Å²) in [7, 11) is -4.10. The third kappa shape index (κ3) is 16.0. The van der Waals surface area contributed by atoms with E-state index in [4.69, 9.17) is 13.8 Å². The van der Waals surface area contributed by atoms with Crippen LogP contribution in [0, 0.1) is 0 Å². The van der Waals surface area contributed by atoms with Crippen molar-refractivity contribution in [2.75, 3.05) is 31.7 Å². The van der Waals surface area contributed by atoms with Gasteiger partial charge in [0.05, 0.1) is 19.3 Å². The molecule has 0 radical (unpaired) electrons. The number of amides is 1. The summed E-state index contributed by atoms with van der Waals surface area (Å²) >= 11 is 3.11. The largest absolute Gasteiger partial charge is 0.472 e. The second kappa shape index (κ2) is 16.2. The van der Waals surface area contributed by atoms with Crippen molar-refractivity contribution in [1.29, 1.82) is 0 Å². The highest BCUT2D eigenvalue weighted by atomic mass is 79.9. The van der Waals surface area contributed by atoms with E-state index in [1.165, 1.54) is 0 Å². The molecule has 0 aromatic carbocycles. The van der Waals surface area contributed by atoms with Crippen LogP contribution in [0.1, 0.15) is 58.8 Å². The summed E-state index contributed by atoms with van der Waals surface area (Å²) in [4.78, 5) is 21.4. The SMILES string of the molecule is CCCCCOC(CNC(=O)CCCCC)COP(=O)(O)OCCBr. The van der Waals surface area contributed by atoms with E-state index >= 15 is 0 Å². The maximum absolute atomic E-state index is 11.8. The van der Waals surface area contributed by atoms with E-state index in [0.717, 1.165) is 38.5 Å². The molecule has 150 valence electrons. The molecule has 0 aliphatic rings. The summed E-state index contributed by atoms with van der Waals surface area (Å²) in [6.45, 7) is 4.91. The molecule has 0 rings (SSSR count). The molecule has 2 atom stereocenters. The molecule has 0 spiro atoms. The van der Waals surface area contributed by atoms with Crippen LogP contribution in [0.25, 0.3) is 0 Å². The Kier molecular flexibility index (Phi) is 16.2. The van der Waals surface area contributed by atoms with Crippen LogP contribution in [0.3, 0.4) is 0 Å². The van der Waals surface area contributed by atoms with Crippen molar-refractivity contribution in [3.05, 3.63) is 0 Å². The van der Waals surface area contributed by atoms with Crippen molar-refractivity contribution in [3.8, 4) is 0 Å². The molecule has 2 unspecified atom stereocenters. The first-order valence-electron chi connectivity index (χ1n) is 9.01. The molecule has 0 heterocycles. The van der Waals surface area contributed by atoms with Crippen LogP contribution in [0.5, 0.6) is 0 Å². The molecule has 7 nitrogen and oxygen atoms in total. The molecule has 0 saturated carbocycles. The van der Waals surface area contributed by atoms with Crippen molar-refractivity contribution in [1.82, 2.24) is 5.32 Å². The lowest BCUT2D eigenvalue weighted by Gasteiger charge is -2.20. The van der Waals surface area contributed by atoms with Crippen LogP contribution >= 0.6 is 23.8 Å². The Morgan fingerprint density at radius 3 is 2.44 bits per heavy atom. The predicted molar refractivity (Wildman–Crippen MR) is 102 cm³/mol. The van der Waals surface area contributed by atoms with Gasteiger partial charge in [-0.05, 0) is 12.8 Å². The van der Waals surface area contributed by atoms with E-state index < -0.39 is 13.9 Å². The third-order valence-corrected chi connectivity index (χ3v) is 4.70. The lowest BCUT2D eigenvalue weighted by molar-refractivity contribution is -0.122. The van der Waals surface area contributed by atoms with Gasteiger partial charge in [-0.25, -0.2) is 4.57 Å². The predicted octanol–water partition coefficient (Wildman–Crippen LogP) is 3.79. The standard InChI is InChI=1S/C16H33BrNO6P/c1-3-5-7-9-16(19)18-13-15(22-11-8-6-4-2)14-24-25(20,21)23-12-10-17/h15H,3-14H2,1-2H3,(H,18,19)(H,20,21). The minimum atomic E-state index is -4.10. The first kappa shape index (κ1) is 25.0. The van der Waals surface area contributed by atoms with Crippen molar-refractivity contribution < 1.29 is 28.0 Å². The molecular formula is C16H33BrNO6P. The number of phosphoric acid groups is 1. The molecule has 0 aromatic heterocycles. The van der Waals surface area contributed by atoms with Crippen LogP contribution in [0.2, 0.25) is 0 Å². The van der Waals surface area contributed by atoms with Crippen LogP contribution in [-0.2, 0) is 23.1 Å². The molecule has 0 bridgehead atoms. The zero-order valence-electron chi connectivity index (χ0n) is 15.4. The maximum Gasteiger partial charge on any atom is 0.472 e. The third-order valence-electron chi connectivity index (χ3n) is 3.39. The first-order chi connectivity index (χ1) is 11.9. The van der Waals surface area contributed by atoms with Gasteiger partial charge in [-0.15, -0.1) is 0 Å². The fourth-order valence-corrected chi connectivity index (χ4v) is 3.15. The number of carbonyl (C=O) groups excluding carboxylic acids is 1. The number of ether oxygens (including phenoxy) is 1. The van der Waals surface area contributed by atoms with E-state index in [9.17, 15) is 14.3 Å². The number of unbranched alkanes of at least 4 members (excludes halogenated alkanes) is 4. The average molecular weight is 446 g/mol. The van der Waals surface area contributed by atoms with Gasteiger partial charge in [0.1, 0.15) is 0 Å². The van der Waals surface area contributed by atoms with E-state index in [1.54, 1.807) is 0 Å². The van der Waals surface area contributed by atoms with Crippen LogP contribution in [0.15, 0.2) is 0 Å². The van der Waals surface area contributed by atoms with Gasteiger partial charge in [-0.3, -0.25) is 13.8 Å². The van der Waals surface area contributed by atoms with Crippen LogP contribution in [0.4, 0.5) is 0 Å². The quantitative estimate of drug-likeness (QED) is 0.201. The number of rotatable bonds is 17. The fourth-order valence-electron chi connectivity index (χ4n) is 1.98. The molecule has 0 aliphatic heterocycles. The Balaban J connectivity index is 4.29. The highest BCUT2D eigenvalue weighted by molar-refractivity contribution is 9.09. The van der Waals surface area contributed by atoms with Gasteiger partial charge in [0.25, 0.3) is 0 Å². The Labute approximate surface area is 159 Å².